The van der Waals surface area contributed by atoms with E-state index in [1.165, 1.54) is 5.38 Å². The predicted octanol–water partition coefficient (Wildman–Crippen LogP) is 2.29. The van der Waals surface area contributed by atoms with E-state index in [1.807, 2.05) is 0 Å². The molecule has 0 spiro atoms. The Hall–Kier alpha value is -0.600. The summed E-state index contributed by atoms with van der Waals surface area (Å²) in [6.07, 6.45) is -1.86. The zero-order chi connectivity index (χ0) is 13.8. The van der Waals surface area contributed by atoms with Gasteiger partial charge in [-0.1, -0.05) is 34.8 Å². The minimum Gasteiger partial charge on any atom is -0.445 e. The van der Waals surface area contributed by atoms with Gasteiger partial charge in [0.2, 0.25) is 3.79 Å². The number of alkyl halides is 3. The molecule has 1 rings (SSSR count). The van der Waals surface area contributed by atoms with Crippen LogP contribution in [-0.2, 0) is 9.53 Å². The van der Waals surface area contributed by atoms with E-state index >= 15 is 0 Å². The number of nitrogens with zero attached hydrogens (tertiary/aromatic N) is 1. The lowest BCUT2D eigenvalue weighted by Crippen LogP contribution is -2.21. The van der Waals surface area contributed by atoms with Gasteiger partial charge in [0, 0.05) is 5.38 Å². The number of halogens is 3. The molecule has 6 nitrogen and oxygen atoms in total. The third-order valence-electron chi connectivity index (χ3n) is 1.53. The van der Waals surface area contributed by atoms with Crippen molar-refractivity contribution in [3.8, 4) is 0 Å². The molecule has 1 unspecified atom stereocenters. The molecule has 1 atom stereocenters. The minimum atomic E-state index is -1.70. The van der Waals surface area contributed by atoms with Gasteiger partial charge in [-0.15, -0.1) is 11.3 Å². The van der Waals surface area contributed by atoms with Gasteiger partial charge in [-0.25, -0.2) is 9.78 Å². The molecule has 0 saturated heterocycles. The van der Waals surface area contributed by atoms with Crippen LogP contribution in [0, 0.1) is 0 Å². The summed E-state index contributed by atoms with van der Waals surface area (Å²) < 4.78 is 2.90. The number of nitrogens with one attached hydrogen (secondary N) is 1. The average molecular weight is 334 g/mol. The molecule has 100 valence electrons. The third kappa shape index (κ3) is 5.36. The number of aldehydes is 1. The van der Waals surface area contributed by atoms with Crippen molar-refractivity contribution in [3.05, 3.63) is 11.1 Å². The highest BCUT2D eigenvalue weighted by Gasteiger charge is 2.22. The quantitative estimate of drug-likeness (QED) is 0.652. The first-order valence-electron chi connectivity index (χ1n) is 4.41. The van der Waals surface area contributed by atoms with Crippen molar-refractivity contribution < 1.29 is 19.4 Å². The van der Waals surface area contributed by atoms with E-state index in [0.717, 1.165) is 11.3 Å². The van der Waals surface area contributed by atoms with Crippen molar-refractivity contribution >= 4 is 63.7 Å². The molecule has 0 aliphatic heterocycles. The molecular formula is C8H7Cl3N2O4S. The molecule has 0 bridgehead atoms. The van der Waals surface area contributed by atoms with Crippen LogP contribution in [0.4, 0.5) is 9.93 Å². The summed E-state index contributed by atoms with van der Waals surface area (Å²) in [4.78, 5) is 25.3. The third-order valence-corrected chi connectivity index (χ3v) is 2.63. The topological polar surface area (TPSA) is 88.5 Å². The van der Waals surface area contributed by atoms with Crippen LogP contribution in [0.2, 0.25) is 0 Å². The van der Waals surface area contributed by atoms with Gasteiger partial charge in [0.05, 0.1) is 5.69 Å². The number of hydrogen-bond donors (Lipinski definition) is 2. The standard InChI is InChI=1S/C8H7Cl3N2O4S/c9-8(10,11)3-17-7(16)13-6-12-4(2-18-6)5(15)1-14/h1-2,5,15H,3H2,(H,12,13,16). The van der Waals surface area contributed by atoms with Crippen LogP contribution in [0.3, 0.4) is 0 Å². The molecule has 1 heterocycles. The molecule has 0 aromatic carbocycles. The Kier molecular flexibility index (Phi) is 5.61. The fourth-order valence-corrected chi connectivity index (χ4v) is 1.71. The Morgan fingerprint density at radius 3 is 2.89 bits per heavy atom. The van der Waals surface area contributed by atoms with Crippen molar-refractivity contribution in [1.82, 2.24) is 4.98 Å². The van der Waals surface area contributed by atoms with Crippen molar-refractivity contribution in [2.75, 3.05) is 11.9 Å². The SMILES string of the molecule is O=CC(O)c1csc(NC(=O)OCC(Cl)(Cl)Cl)n1. The van der Waals surface area contributed by atoms with E-state index in [2.05, 4.69) is 15.0 Å². The van der Waals surface area contributed by atoms with Gasteiger partial charge in [0.15, 0.2) is 17.5 Å². The van der Waals surface area contributed by atoms with E-state index in [9.17, 15) is 9.59 Å². The number of thiazole rings is 1. The number of carbonyl (C=O) groups is 2. The van der Waals surface area contributed by atoms with Crippen molar-refractivity contribution in [2.45, 2.75) is 9.90 Å². The Labute approximate surface area is 121 Å². The first kappa shape index (κ1) is 15.5. The maximum absolute atomic E-state index is 11.2. The smallest absolute Gasteiger partial charge is 0.413 e. The minimum absolute atomic E-state index is 0.131. The summed E-state index contributed by atoms with van der Waals surface area (Å²) in [6, 6.07) is 0. The van der Waals surface area contributed by atoms with Crippen molar-refractivity contribution in [1.29, 1.82) is 0 Å². The highest BCUT2D eigenvalue weighted by Crippen LogP contribution is 2.26. The Morgan fingerprint density at radius 1 is 1.67 bits per heavy atom. The summed E-state index contributed by atoms with van der Waals surface area (Å²) in [5, 5.41) is 13.0. The highest BCUT2D eigenvalue weighted by atomic mass is 35.6. The number of aliphatic hydroxyl groups is 1. The molecule has 0 radical (unpaired) electrons. The lowest BCUT2D eigenvalue weighted by Gasteiger charge is -2.10. The van der Waals surface area contributed by atoms with E-state index < -0.39 is 22.6 Å². The molecule has 1 amide bonds. The molecule has 0 aliphatic carbocycles. The van der Waals surface area contributed by atoms with Crippen LogP contribution < -0.4 is 5.32 Å². The number of ether oxygens (including phenoxy) is 1. The largest absolute Gasteiger partial charge is 0.445 e. The first-order valence-corrected chi connectivity index (χ1v) is 6.42. The summed E-state index contributed by atoms with van der Waals surface area (Å²) in [7, 11) is 0. The van der Waals surface area contributed by atoms with Crippen LogP contribution >= 0.6 is 46.1 Å². The van der Waals surface area contributed by atoms with Crippen LogP contribution in [-0.4, -0.2) is 32.9 Å². The Bertz CT molecular complexity index is 434. The number of aromatic nitrogens is 1. The summed E-state index contributed by atoms with van der Waals surface area (Å²) >= 11 is 17.2. The monoisotopic (exact) mass is 332 g/mol. The van der Waals surface area contributed by atoms with Gasteiger partial charge in [-0.2, -0.15) is 0 Å². The zero-order valence-corrected chi connectivity index (χ0v) is 11.7. The fourth-order valence-electron chi connectivity index (χ4n) is 0.820. The van der Waals surface area contributed by atoms with Gasteiger partial charge in [-0.05, 0) is 0 Å². The second-order valence-electron chi connectivity index (χ2n) is 2.97. The summed E-state index contributed by atoms with van der Waals surface area (Å²) in [5.41, 5.74) is 0.131. The average Bonchev–Trinajstić information content (AvgIpc) is 2.73. The second kappa shape index (κ2) is 6.53. The lowest BCUT2D eigenvalue weighted by molar-refractivity contribution is -0.115. The van der Waals surface area contributed by atoms with Gasteiger partial charge in [0.1, 0.15) is 6.61 Å². The van der Waals surface area contributed by atoms with Gasteiger partial charge in [0.25, 0.3) is 0 Å². The molecule has 1 aromatic rings. The molecule has 0 aliphatic rings. The maximum Gasteiger partial charge on any atom is 0.413 e. The van der Waals surface area contributed by atoms with Crippen molar-refractivity contribution in [3.63, 3.8) is 0 Å². The van der Waals surface area contributed by atoms with Gasteiger partial charge >= 0.3 is 6.09 Å². The van der Waals surface area contributed by atoms with E-state index in [1.54, 1.807) is 0 Å². The molecule has 2 N–H and O–H groups in total. The van der Waals surface area contributed by atoms with E-state index in [0.29, 0.717) is 6.29 Å². The molecular weight excluding hydrogens is 327 g/mol. The molecule has 10 heteroatoms. The number of carbonyl (C=O) groups excluding carboxylic acids is 2. The number of hydrogen-bond acceptors (Lipinski definition) is 6. The fraction of sp³-hybridized carbons (Fsp3) is 0.375. The second-order valence-corrected chi connectivity index (χ2v) is 6.35. The molecule has 0 saturated carbocycles. The summed E-state index contributed by atoms with van der Waals surface area (Å²) in [6.45, 7) is -0.418. The van der Waals surface area contributed by atoms with E-state index in [-0.39, 0.29) is 10.8 Å². The number of anilines is 1. The molecule has 0 fully saturated rings. The maximum atomic E-state index is 11.2. The normalized spacial score (nSPS) is 12.9. The lowest BCUT2D eigenvalue weighted by atomic mass is 10.3. The van der Waals surface area contributed by atoms with Crippen molar-refractivity contribution in [2.24, 2.45) is 0 Å². The highest BCUT2D eigenvalue weighted by molar-refractivity contribution is 7.13. The van der Waals surface area contributed by atoms with Gasteiger partial charge in [-0.3, -0.25) is 5.32 Å². The number of amides is 1. The van der Waals surface area contributed by atoms with Crippen LogP contribution in [0.15, 0.2) is 5.38 Å². The van der Waals surface area contributed by atoms with Crippen LogP contribution in [0.1, 0.15) is 11.8 Å². The van der Waals surface area contributed by atoms with E-state index in [4.69, 9.17) is 39.9 Å². The number of aliphatic hydroxyl groups excluding tert-OH is 1. The summed E-state index contributed by atoms with van der Waals surface area (Å²) in [5.74, 6) is 0. The zero-order valence-electron chi connectivity index (χ0n) is 8.60. The predicted molar refractivity (Wildman–Crippen MR) is 68.4 cm³/mol. The Morgan fingerprint density at radius 2 is 2.33 bits per heavy atom. The van der Waals surface area contributed by atoms with Gasteiger partial charge < -0.3 is 14.6 Å². The number of rotatable bonds is 4. The Balaban J connectivity index is 2.50. The van der Waals surface area contributed by atoms with Crippen LogP contribution in [0.5, 0.6) is 0 Å². The first-order chi connectivity index (χ1) is 8.31. The van der Waals surface area contributed by atoms with Crippen LogP contribution in [0.25, 0.3) is 0 Å². The molecule has 1 aromatic heterocycles. The molecule has 18 heavy (non-hydrogen) atoms.